The lowest BCUT2D eigenvalue weighted by Crippen LogP contribution is -2.00. The highest BCUT2D eigenvalue weighted by molar-refractivity contribution is 9.10. The normalized spacial score (nSPS) is 11.2. The summed E-state index contributed by atoms with van der Waals surface area (Å²) in [6, 6.07) is 7.44. The minimum absolute atomic E-state index is 0.0132. The fourth-order valence-corrected chi connectivity index (χ4v) is 3.45. The highest BCUT2D eigenvalue weighted by Crippen LogP contribution is 2.32. The number of nitrogens with one attached hydrogen (secondary N) is 1. The van der Waals surface area contributed by atoms with E-state index < -0.39 is 0 Å². The number of hydrogen-bond donors (Lipinski definition) is 2. The second-order valence-electron chi connectivity index (χ2n) is 4.80. The van der Waals surface area contributed by atoms with Crippen molar-refractivity contribution in [2.75, 3.05) is 7.11 Å². The number of nitrogens with zero attached hydrogens (tertiary/aromatic N) is 3. The predicted octanol–water partition coefficient (Wildman–Crippen LogP) is 3.95. The van der Waals surface area contributed by atoms with Crippen molar-refractivity contribution >= 4 is 45.7 Å². The average molecular weight is 425 g/mol. The number of methoxy groups -OCH3 is 1. The van der Waals surface area contributed by atoms with Crippen molar-refractivity contribution in [2.24, 2.45) is 5.10 Å². The molecule has 0 unspecified atom stereocenters. The van der Waals surface area contributed by atoms with E-state index in [1.54, 1.807) is 28.1 Å². The first-order valence-corrected chi connectivity index (χ1v) is 8.96. The topological polar surface area (TPSA) is 75.4 Å². The molecular formula is C15H13BrN4O2S2. The summed E-state index contributed by atoms with van der Waals surface area (Å²) in [4.78, 5) is 1.16. The molecule has 0 atom stereocenters. The van der Waals surface area contributed by atoms with Crippen molar-refractivity contribution in [1.82, 2.24) is 14.9 Å². The Bertz CT molecular complexity index is 932. The van der Waals surface area contributed by atoms with Crippen molar-refractivity contribution in [1.29, 1.82) is 0 Å². The van der Waals surface area contributed by atoms with Crippen molar-refractivity contribution in [3.05, 3.63) is 55.2 Å². The van der Waals surface area contributed by atoms with Crippen LogP contribution in [0, 0.1) is 4.77 Å². The van der Waals surface area contributed by atoms with Crippen LogP contribution in [0.15, 0.2) is 39.2 Å². The lowest BCUT2D eigenvalue weighted by Gasteiger charge is -2.07. The molecule has 9 heteroatoms. The molecule has 2 heterocycles. The molecule has 3 rings (SSSR count). The summed E-state index contributed by atoms with van der Waals surface area (Å²) in [5, 5.41) is 23.5. The van der Waals surface area contributed by atoms with E-state index >= 15 is 0 Å². The van der Waals surface area contributed by atoms with Gasteiger partial charge in [-0.2, -0.15) is 14.9 Å². The number of aromatic hydroxyl groups is 1. The Morgan fingerprint density at radius 3 is 3.08 bits per heavy atom. The number of hydrogen-bond acceptors (Lipinski definition) is 6. The fraction of sp³-hybridized carbons (Fsp3) is 0.133. The first-order valence-electron chi connectivity index (χ1n) is 6.88. The molecule has 2 aromatic heterocycles. The number of benzene rings is 1. The maximum absolute atomic E-state index is 10.2. The summed E-state index contributed by atoms with van der Waals surface area (Å²) < 4.78 is 7.84. The van der Waals surface area contributed by atoms with Crippen LogP contribution in [0.4, 0.5) is 0 Å². The molecule has 1 aromatic carbocycles. The summed E-state index contributed by atoms with van der Waals surface area (Å²) in [6.45, 7) is 0. The van der Waals surface area contributed by atoms with E-state index in [2.05, 4.69) is 31.2 Å². The van der Waals surface area contributed by atoms with Gasteiger partial charge in [0, 0.05) is 21.3 Å². The Kier molecular flexibility index (Phi) is 5.12. The molecule has 0 saturated heterocycles. The molecule has 0 aliphatic carbocycles. The molecule has 0 aliphatic rings. The average Bonchev–Trinajstić information content (AvgIpc) is 3.19. The standard InChI is InChI=1S/C15H13BrN4O2S2/c1-22-12-6-10(16)5-9(14(12)21)8-17-20-13(18-19-15(20)23)7-11-3-2-4-24-11/h2-6,8,21H,7H2,1H3,(H,19,23)/b17-8-. The number of phenols is 1. The zero-order valence-electron chi connectivity index (χ0n) is 12.6. The molecule has 3 aromatic rings. The Morgan fingerprint density at radius 1 is 1.54 bits per heavy atom. The van der Waals surface area contributed by atoms with Gasteiger partial charge in [-0.15, -0.1) is 11.3 Å². The maximum Gasteiger partial charge on any atom is 0.216 e. The maximum atomic E-state index is 10.2. The largest absolute Gasteiger partial charge is 0.504 e. The van der Waals surface area contributed by atoms with Crippen LogP contribution < -0.4 is 4.74 Å². The van der Waals surface area contributed by atoms with Gasteiger partial charge in [-0.3, -0.25) is 5.10 Å². The van der Waals surface area contributed by atoms with Gasteiger partial charge < -0.3 is 9.84 Å². The zero-order chi connectivity index (χ0) is 17.1. The van der Waals surface area contributed by atoms with Gasteiger partial charge in [0.05, 0.1) is 13.3 Å². The lowest BCUT2D eigenvalue weighted by atomic mass is 10.2. The summed E-state index contributed by atoms with van der Waals surface area (Å²) >= 11 is 10.3. The van der Waals surface area contributed by atoms with Crippen LogP contribution >= 0.6 is 39.5 Å². The van der Waals surface area contributed by atoms with Crippen molar-refractivity contribution in [3.63, 3.8) is 0 Å². The Morgan fingerprint density at radius 2 is 2.38 bits per heavy atom. The third-order valence-electron chi connectivity index (χ3n) is 3.23. The van der Waals surface area contributed by atoms with Crippen LogP contribution in [-0.4, -0.2) is 33.3 Å². The van der Waals surface area contributed by atoms with E-state index in [9.17, 15) is 5.11 Å². The number of phenolic OH excluding ortho intramolecular Hbond substituents is 1. The second kappa shape index (κ2) is 7.29. The van der Waals surface area contributed by atoms with Gasteiger partial charge in [0.25, 0.3) is 0 Å². The van der Waals surface area contributed by atoms with E-state index in [0.29, 0.717) is 28.3 Å². The Hall–Kier alpha value is -1.97. The van der Waals surface area contributed by atoms with Gasteiger partial charge in [-0.05, 0) is 35.8 Å². The summed E-state index contributed by atoms with van der Waals surface area (Å²) in [5.74, 6) is 1.07. The van der Waals surface area contributed by atoms with Crippen LogP contribution in [-0.2, 0) is 6.42 Å². The van der Waals surface area contributed by atoms with Crippen LogP contribution in [0.25, 0.3) is 0 Å². The molecule has 124 valence electrons. The van der Waals surface area contributed by atoms with Gasteiger partial charge >= 0.3 is 0 Å². The van der Waals surface area contributed by atoms with E-state index in [1.807, 2.05) is 17.5 Å². The van der Waals surface area contributed by atoms with Gasteiger partial charge in [0.1, 0.15) is 0 Å². The number of H-pyrrole nitrogens is 1. The first-order chi connectivity index (χ1) is 11.6. The molecular weight excluding hydrogens is 412 g/mol. The van der Waals surface area contributed by atoms with E-state index in [1.165, 1.54) is 13.3 Å². The molecule has 24 heavy (non-hydrogen) atoms. The molecule has 0 fully saturated rings. The van der Waals surface area contributed by atoms with E-state index in [-0.39, 0.29) is 5.75 Å². The van der Waals surface area contributed by atoms with Crippen molar-refractivity contribution < 1.29 is 9.84 Å². The van der Waals surface area contributed by atoms with Crippen LogP contribution in [0.2, 0.25) is 0 Å². The smallest absolute Gasteiger partial charge is 0.216 e. The summed E-state index contributed by atoms with van der Waals surface area (Å²) in [7, 11) is 1.49. The number of thiophene rings is 1. The van der Waals surface area contributed by atoms with Crippen LogP contribution in [0.5, 0.6) is 11.5 Å². The Balaban J connectivity index is 1.94. The van der Waals surface area contributed by atoms with Gasteiger partial charge in [-0.1, -0.05) is 22.0 Å². The number of halogens is 1. The predicted molar refractivity (Wildman–Crippen MR) is 99.9 cm³/mol. The third-order valence-corrected chi connectivity index (χ3v) is 4.83. The SMILES string of the molecule is COc1cc(Br)cc(/C=N\n2c(Cc3cccs3)n[nH]c2=S)c1O. The van der Waals surface area contributed by atoms with Crippen LogP contribution in [0.3, 0.4) is 0 Å². The van der Waals surface area contributed by atoms with Crippen molar-refractivity contribution in [2.45, 2.75) is 6.42 Å². The molecule has 0 aliphatic heterocycles. The molecule has 0 bridgehead atoms. The minimum Gasteiger partial charge on any atom is -0.504 e. The molecule has 0 amide bonds. The second-order valence-corrected chi connectivity index (χ2v) is 7.14. The number of aromatic nitrogens is 3. The van der Waals surface area contributed by atoms with Gasteiger partial charge in [0.15, 0.2) is 17.3 Å². The minimum atomic E-state index is 0.0132. The number of ether oxygens (including phenoxy) is 1. The number of rotatable bonds is 5. The summed E-state index contributed by atoms with van der Waals surface area (Å²) in [6.07, 6.45) is 2.14. The molecule has 0 spiro atoms. The highest BCUT2D eigenvalue weighted by Gasteiger charge is 2.10. The van der Waals surface area contributed by atoms with Crippen molar-refractivity contribution in [3.8, 4) is 11.5 Å². The van der Waals surface area contributed by atoms with E-state index in [4.69, 9.17) is 17.0 Å². The fourth-order valence-electron chi connectivity index (χ4n) is 2.10. The van der Waals surface area contributed by atoms with Gasteiger partial charge in [0.2, 0.25) is 4.77 Å². The van der Waals surface area contributed by atoms with Crippen LogP contribution in [0.1, 0.15) is 16.3 Å². The quantitative estimate of drug-likeness (QED) is 0.480. The van der Waals surface area contributed by atoms with E-state index in [0.717, 1.165) is 9.35 Å². The third kappa shape index (κ3) is 3.58. The molecule has 0 radical (unpaired) electrons. The summed E-state index contributed by atoms with van der Waals surface area (Å²) in [5.41, 5.74) is 0.506. The highest BCUT2D eigenvalue weighted by atomic mass is 79.9. The number of aromatic amines is 1. The Labute approximate surface area is 155 Å². The lowest BCUT2D eigenvalue weighted by molar-refractivity contribution is 0.373. The molecule has 0 saturated carbocycles. The first kappa shape index (κ1) is 16.9. The monoisotopic (exact) mass is 424 g/mol. The zero-order valence-corrected chi connectivity index (χ0v) is 15.8. The molecule has 6 nitrogen and oxygen atoms in total. The molecule has 2 N–H and O–H groups in total. The van der Waals surface area contributed by atoms with Gasteiger partial charge in [-0.25, -0.2) is 0 Å².